The van der Waals surface area contributed by atoms with Gasteiger partial charge in [-0.1, -0.05) is 26.0 Å². The van der Waals surface area contributed by atoms with E-state index in [2.05, 4.69) is 6.07 Å². The van der Waals surface area contributed by atoms with Gasteiger partial charge >= 0.3 is 0 Å². The van der Waals surface area contributed by atoms with E-state index in [1.54, 1.807) is 0 Å². The molecule has 0 bridgehead atoms. The van der Waals surface area contributed by atoms with Crippen LogP contribution in [0.15, 0.2) is 18.2 Å². The molecule has 73 valence electrons. The molecule has 0 saturated heterocycles. The topological polar surface area (TPSA) is 44.0 Å². The lowest BCUT2D eigenvalue weighted by Gasteiger charge is -2.09. The van der Waals surface area contributed by atoms with Crippen molar-refractivity contribution in [3.05, 3.63) is 40.8 Å². The summed E-state index contributed by atoms with van der Waals surface area (Å²) in [5.41, 5.74) is 2.71. The summed E-state index contributed by atoms with van der Waals surface area (Å²) in [7, 11) is 0. The maximum absolute atomic E-state index is 8.96. The largest absolute Gasteiger partial charge is 0.395 e. The van der Waals surface area contributed by atoms with Crippen molar-refractivity contribution in [1.82, 2.24) is 0 Å². The Labute approximate surface area is 84.8 Å². The normalized spacial score (nSPS) is 10.2. The molecule has 0 saturated carbocycles. The molecule has 2 heteroatoms. The van der Waals surface area contributed by atoms with Gasteiger partial charge in [0.1, 0.15) is 0 Å². The fraction of sp³-hybridized carbons (Fsp3) is 0.333. The molecular weight excluding hydrogens is 174 g/mol. The zero-order valence-corrected chi connectivity index (χ0v) is 8.54. The van der Waals surface area contributed by atoms with Crippen molar-refractivity contribution in [2.24, 2.45) is 0 Å². The molecule has 0 aliphatic heterocycles. The first-order valence-corrected chi connectivity index (χ1v) is 4.69. The van der Waals surface area contributed by atoms with Crippen molar-refractivity contribution >= 4 is 0 Å². The van der Waals surface area contributed by atoms with E-state index in [-0.39, 0.29) is 6.61 Å². The highest BCUT2D eigenvalue weighted by molar-refractivity contribution is 5.44. The third-order valence-electron chi connectivity index (χ3n) is 2.34. The van der Waals surface area contributed by atoms with Crippen molar-refractivity contribution in [3.8, 4) is 6.07 Å². The van der Waals surface area contributed by atoms with Gasteiger partial charge in [-0.2, -0.15) is 5.26 Å². The number of hydrogen-bond donors (Lipinski definition) is 1. The Bertz CT molecular complexity index is 352. The van der Waals surface area contributed by atoms with Gasteiger partial charge < -0.3 is 5.11 Å². The predicted molar refractivity (Wildman–Crippen MR) is 55.6 cm³/mol. The zero-order valence-electron chi connectivity index (χ0n) is 8.54. The number of aliphatic hydroxyl groups is 1. The van der Waals surface area contributed by atoms with Crippen LogP contribution in [0.3, 0.4) is 0 Å². The SMILES string of the molecule is CCc1ccc([C](C)CO)cc1C#N. The molecule has 1 rings (SSSR count). The molecule has 0 amide bonds. The summed E-state index contributed by atoms with van der Waals surface area (Å²) in [6.07, 6.45) is 0.862. The molecule has 2 nitrogen and oxygen atoms in total. The van der Waals surface area contributed by atoms with E-state index in [4.69, 9.17) is 10.4 Å². The first kappa shape index (κ1) is 10.7. The molecule has 0 fully saturated rings. The number of aliphatic hydroxyl groups excluding tert-OH is 1. The monoisotopic (exact) mass is 188 g/mol. The summed E-state index contributed by atoms with van der Waals surface area (Å²) in [5, 5.41) is 17.9. The zero-order chi connectivity index (χ0) is 10.6. The van der Waals surface area contributed by atoms with Gasteiger partial charge in [0.2, 0.25) is 0 Å². The lowest BCUT2D eigenvalue weighted by Crippen LogP contribution is -2.01. The Kier molecular flexibility index (Phi) is 3.67. The van der Waals surface area contributed by atoms with E-state index < -0.39 is 0 Å². The Morgan fingerprint density at radius 2 is 2.21 bits per heavy atom. The van der Waals surface area contributed by atoms with E-state index in [0.717, 1.165) is 23.5 Å². The summed E-state index contributed by atoms with van der Waals surface area (Å²) >= 11 is 0. The summed E-state index contributed by atoms with van der Waals surface area (Å²) in [4.78, 5) is 0. The molecule has 0 heterocycles. The van der Waals surface area contributed by atoms with Crippen LogP contribution in [-0.4, -0.2) is 11.7 Å². The van der Waals surface area contributed by atoms with E-state index in [0.29, 0.717) is 5.56 Å². The molecule has 1 aromatic carbocycles. The van der Waals surface area contributed by atoms with Crippen LogP contribution in [0, 0.1) is 17.2 Å². The Balaban J connectivity index is 3.09. The standard InChI is InChI=1S/C12H14NO/c1-3-10-4-5-11(9(2)8-14)6-12(10)7-13/h4-6,14H,3,8H2,1-2H3. The van der Waals surface area contributed by atoms with E-state index >= 15 is 0 Å². The molecule has 0 aliphatic rings. The molecule has 0 aromatic heterocycles. The van der Waals surface area contributed by atoms with Gasteiger partial charge in [-0.25, -0.2) is 0 Å². The van der Waals surface area contributed by atoms with Crippen molar-refractivity contribution in [2.45, 2.75) is 20.3 Å². The second-order valence-corrected chi connectivity index (χ2v) is 3.28. The Hall–Kier alpha value is -1.33. The second-order valence-electron chi connectivity index (χ2n) is 3.28. The highest BCUT2D eigenvalue weighted by Gasteiger charge is 2.07. The lowest BCUT2D eigenvalue weighted by atomic mass is 9.96. The number of rotatable bonds is 3. The lowest BCUT2D eigenvalue weighted by molar-refractivity contribution is 0.315. The van der Waals surface area contributed by atoms with Crippen molar-refractivity contribution in [1.29, 1.82) is 5.26 Å². The van der Waals surface area contributed by atoms with Gasteiger partial charge in [0.25, 0.3) is 0 Å². The van der Waals surface area contributed by atoms with Gasteiger partial charge in [-0.3, -0.25) is 0 Å². The molecule has 1 N–H and O–H groups in total. The predicted octanol–water partition coefficient (Wildman–Crippen LogP) is 2.06. The highest BCUT2D eigenvalue weighted by Crippen LogP contribution is 2.18. The van der Waals surface area contributed by atoms with Gasteiger partial charge in [0.05, 0.1) is 18.2 Å². The van der Waals surface area contributed by atoms with Crippen molar-refractivity contribution in [2.75, 3.05) is 6.61 Å². The minimum atomic E-state index is 0.0380. The van der Waals surface area contributed by atoms with Crippen molar-refractivity contribution in [3.63, 3.8) is 0 Å². The van der Waals surface area contributed by atoms with Crippen LogP contribution in [-0.2, 0) is 6.42 Å². The molecule has 0 aliphatic carbocycles. The maximum atomic E-state index is 8.96. The second kappa shape index (κ2) is 4.78. The fourth-order valence-corrected chi connectivity index (χ4v) is 1.35. The Morgan fingerprint density at radius 3 is 2.71 bits per heavy atom. The third-order valence-corrected chi connectivity index (χ3v) is 2.34. The van der Waals surface area contributed by atoms with Crippen LogP contribution in [0.2, 0.25) is 0 Å². The van der Waals surface area contributed by atoms with E-state index in [1.807, 2.05) is 32.0 Å². The summed E-state index contributed by atoms with van der Waals surface area (Å²) < 4.78 is 0. The van der Waals surface area contributed by atoms with Gasteiger partial charge in [0.15, 0.2) is 0 Å². The highest BCUT2D eigenvalue weighted by atomic mass is 16.3. The third kappa shape index (κ3) is 2.12. The van der Waals surface area contributed by atoms with Gasteiger partial charge in [0, 0.05) is 5.92 Å². The van der Waals surface area contributed by atoms with Crippen LogP contribution in [0.1, 0.15) is 30.5 Å². The molecule has 0 atom stereocenters. The average molecular weight is 188 g/mol. The van der Waals surface area contributed by atoms with E-state index in [1.165, 1.54) is 0 Å². The summed E-state index contributed by atoms with van der Waals surface area (Å²) in [6, 6.07) is 7.91. The quantitative estimate of drug-likeness (QED) is 0.789. The van der Waals surface area contributed by atoms with E-state index in [9.17, 15) is 0 Å². The number of benzene rings is 1. The van der Waals surface area contributed by atoms with Gasteiger partial charge in [-0.05, 0) is 23.6 Å². The van der Waals surface area contributed by atoms with Crippen LogP contribution >= 0.6 is 0 Å². The molecule has 0 spiro atoms. The minimum absolute atomic E-state index is 0.0380. The number of hydrogen-bond acceptors (Lipinski definition) is 2. The number of aryl methyl sites for hydroxylation is 1. The Morgan fingerprint density at radius 1 is 1.50 bits per heavy atom. The van der Waals surface area contributed by atoms with Crippen LogP contribution in [0.4, 0.5) is 0 Å². The molecule has 1 aromatic rings. The smallest absolute Gasteiger partial charge is 0.0994 e. The minimum Gasteiger partial charge on any atom is -0.395 e. The van der Waals surface area contributed by atoms with Crippen LogP contribution < -0.4 is 0 Å². The van der Waals surface area contributed by atoms with Crippen molar-refractivity contribution < 1.29 is 5.11 Å². The molecule has 1 radical (unpaired) electrons. The summed E-state index contributed by atoms with van der Waals surface area (Å²) in [6.45, 7) is 3.93. The number of nitrogens with zero attached hydrogens (tertiary/aromatic N) is 1. The maximum Gasteiger partial charge on any atom is 0.0994 e. The van der Waals surface area contributed by atoms with Gasteiger partial charge in [-0.15, -0.1) is 0 Å². The first-order valence-electron chi connectivity index (χ1n) is 4.69. The number of nitriles is 1. The molecule has 0 unspecified atom stereocenters. The van der Waals surface area contributed by atoms with Crippen LogP contribution in [0.5, 0.6) is 0 Å². The fourth-order valence-electron chi connectivity index (χ4n) is 1.35. The molecule has 14 heavy (non-hydrogen) atoms. The summed E-state index contributed by atoms with van der Waals surface area (Å²) in [5.74, 6) is 0.893. The van der Waals surface area contributed by atoms with Crippen LogP contribution in [0.25, 0.3) is 0 Å². The molecular formula is C12H14NO. The first-order chi connectivity index (χ1) is 6.72. The average Bonchev–Trinajstić information content (AvgIpc) is 2.26.